The third-order valence-corrected chi connectivity index (χ3v) is 3.41. The molecule has 2 unspecified atom stereocenters. The average molecular weight is 256 g/mol. The van der Waals surface area contributed by atoms with Gasteiger partial charge in [0.2, 0.25) is 0 Å². The summed E-state index contributed by atoms with van der Waals surface area (Å²) >= 11 is 5.73. The van der Waals surface area contributed by atoms with Crippen molar-refractivity contribution in [3.05, 3.63) is 29.0 Å². The Morgan fingerprint density at radius 2 is 2.18 bits per heavy atom. The lowest BCUT2D eigenvalue weighted by Crippen LogP contribution is -2.27. The molecule has 0 amide bonds. The predicted octanol–water partition coefficient (Wildman–Crippen LogP) is 3.21. The van der Waals surface area contributed by atoms with Gasteiger partial charge >= 0.3 is 0 Å². The van der Waals surface area contributed by atoms with Crippen LogP contribution in [0, 0.1) is 0 Å². The van der Waals surface area contributed by atoms with Crippen molar-refractivity contribution in [1.82, 2.24) is 4.98 Å². The topological polar surface area (TPSA) is 31.4 Å². The van der Waals surface area contributed by atoms with Crippen LogP contribution in [-0.4, -0.2) is 24.3 Å². The maximum atomic E-state index is 5.88. The molecule has 0 bridgehead atoms. The van der Waals surface area contributed by atoms with Crippen LogP contribution in [0.15, 0.2) is 18.3 Å². The summed E-state index contributed by atoms with van der Waals surface area (Å²) in [6.45, 7) is 0.602. The zero-order chi connectivity index (χ0) is 12.1. The molecule has 2 rings (SSSR count). The van der Waals surface area contributed by atoms with Gasteiger partial charge in [0.1, 0.15) is 5.15 Å². The molecule has 0 radical (unpaired) electrons. The highest BCUT2D eigenvalue weighted by Crippen LogP contribution is 2.23. The third kappa shape index (κ3) is 3.95. The van der Waals surface area contributed by atoms with E-state index >= 15 is 0 Å². The first-order valence-corrected chi connectivity index (χ1v) is 6.40. The Balaban J connectivity index is 1.79. The van der Waals surface area contributed by atoms with Crippen LogP contribution in [0.5, 0.6) is 0 Å². The van der Waals surface area contributed by atoms with E-state index in [0.717, 1.165) is 24.8 Å². The number of methoxy groups -OCH3 is 1. The van der Waals surface area contributed by atoms with Crippen molar-refractivity contribution < 1.29 is 9.47 Å². The normalized spacial score (nSPS) is 24.8. The highest BCUT2D eigenvalue weighted by atomic mass is 35.5. The summed E-state index contributed by atoms with van der Waals surface area (Å²) in [6, 6.07) is 3.74. The van der Waals surface area contributed by atoms with Gasteiger partial charge in [0.15, 0.2) is 0 Å². The lowest BCUT2D eigenvalue weighted by molar-refractivity contribution is -0.0364. The molecule has 1 saturated carbocycles. The summed E-state index contributed by atoms with van der Waals surface area (Å²) < 4.78 is 11.3. The molecule has 1 fully saturated rings. The smallest absolute Gasteiger partial charge is 0.129 e. The lowest BCUT2D eigenvalue weighted by Gasteiger charge is -2.28. The molecular formula is C13H18ClNO2. The Labute approximate surface area is 107 Å². The minimum atomic E-state index is 0.310. The Kier molecular flexibility index (Phi) is 4.77. The zero-order valence-corrected chi connectivity index (χ0v) is 10.8. The average Bonchev–Trinajstić information content (AvgIpc) is 2.38. The van der Waals surface area contributed by atoms with Crippen LogP contribution in [0.25, 0.3) is 0 Å². The van der Waals surface area contributed by atoms with E-state index in [1.807, 2.05) is 6.07 Å². The zero-order valence-electron chi connectivity index (χ0n) is 10.1. The van der Waals surface area contributed by atoms with E-state index in [0.29, 0.717) is 24.0 Å². The van der Waals surface area contributed by atoms with Gasteiger partial charge in [0.25, 0.3) is 0 Å². The van der Waals surface area contributed by atoms with Gasteiger partial charge in [-0.2, -0.15) is 0 Å². The van der Waals surface area contributed by atoms with E-state index in [1.54, 1.807) is 19.4 Å². The second kappa shape index (κ2) is 6.34. The van der Waals surface area contributed by atoms with E-state index in [2.05, 4.69) is 4.98 Å². The molecule has 0 saturated heterocycles. The van der Waals surface area contributed by atoms with Crippen LogP contribution < -0.4 is 0 Å². The first kappa shape index (κ1) is 12.8. The van der Waals surface area contributed by atoms with Crippen molar-refractivity contribution in [2.24, 2.45) is 0 Å². The molecule has 17 heavy (non-hydrogen) atoms. The fraction of sp³-hybridized carbons (Fsp3) is 0.615. The molecule has 1 aliphatic rings. The van der Waals surface area contributed by atoms with E-state index in [4.69, 9.17) is 21.1 Å². The largest absolute Gasteiger partial charge is 0.381 e. The fourth-order valence-electron chi connectivity index (χ4n) is 2.17. The van der Waals surface area contributed by atoms with Gasteiger partial charge in [0.05, 0.1) is 18.8 Å². The maximum absolute atomic E-state index is 5.88. The number of ether oxygens (including phenoxy) is 2. The molecule has 1 aromatic heterocycles. The van der Waals surface area contributed by atoms with Gasteiger partial charge < -0.3 is 9.47 Å². The Morgan fingerprint density at radius 3 is 2.88 bits per heavy atom. The first-order chi connectivity index (χ1) is 8.28. The van der Waals surface area contributed by atoms with Crippen LogP contribution in [0.4, 0.5) is 0 Å². The van der Waals surface area contributed by atoms with E-state index < -0.39 is 0 Å². The molecule has 4 heteroatoms. The molecule has 1 heterocycles. The van der Waals surface area contributed by atoms with E-state index in [9.17, 15) is 0 Å². The van der Waals surface area contributed by atoms with Gasteiger partial charge in [0, 0.05) is 13.3 Å². The fourth-order valence-corrected chi connectivity index (χ4v) is 2.29. The summed E-state index contributed by atoms with van der Waals surface area (Å²) in [6.07, 6.45) is 6.89. The summed E-state index contributed by atoms with van der Waals surface area (Å²) in [4.78, 5) is 4.03. The molecule has 3 nitrogen and oxygen atoms in total. The molecule has 1 aliphatic carbocycles. The van der Waals surface area contributed by atoms with Gasteiger partial charge in [-0.05, 0) is 37.3 Å². The molecule has 94 valence electrons. The number of aromatic nitrogens is 1. The minimum Gasteiger partial charge on any atom is -0.381 e. The van der Waals surface area contributed by atoms with Crippen LogP contribution in [0.3, 0.4) is 0 Å². The van der Waals surface area contributed by atoms with Crippen molar-refractivity contribution >= 4 is 11.6 Å². The standard InChI is InChI=1S/C13H18ClNO2/c1-16-11-3-2-4-12(7-11)17-9-10-5-6-13(14)15-8-10/h5-6,8,11-12H,2-4,7,9H2,1H3. The summed E-state index contributed by atoms with van der Waals surface area (Å²) in [5.74, 6) is 0. The van der Waals surface area contributed by atoms with Crippen LogP contribution >= 0.6 is 11.6 Å². The summed E-state index contributed by atoms with van der Waals surface area (Å²) in [5.41, 5.74) is 1.06. The SMILES string of the molecule is COC1CCCC(OCc2ccc(Cl)nc2)C1. The predicted molar refractivity (Wildman–Crippen MR) is 67.1 cm³/mol. The maximum Gasteiger partial charge on any atom is 0.129 e. The third-order valence-electron chi connectivity index (χ3n) is 3.19. The van der Waals surface area contributed by atoms with Crippen molar-refractivity contribution in [2.45, 2.75) is 44.5 Å². The lowest BCUT2D eigenvalue weighted by atomic mass is 9.95. The van der Waals surface area contributed by atoms with Gasteiger partial charge in [-0.25, -0.2) is 4.98 Å². The Bertz CT molecular complexity index is 342. The van der Waals surface area contributed by atoms with Crippen molar-refractivity contribution in [2.75, 3.05) is 7.11 Å². The second-order valence-corrected chi connectivity index (χ2v) is 4.83. The molecule has 2 atom stereocenters. The number of nitrogens with zero attached hydrogens (tertiary/aromatic N) is 1. The number of pyridine rings is 1. The monoisotopic (exact) mass is 255 g/mol. The van der Waals surface area contributed by atoms with Crippen LogP contribution in [-0.2, 0) is 16.1 Å². The van der Waals surface area contributed by atoms with Crippen molar-refractivity contribution in [3.63, 3.8) is 0 Å². The van der Waals surface area contributed by atoms with Crippen LogP contribution in [0.2, 0.25) is 5.15 Å². The Morgan fingerprint density at radius 1 is 1.35 bits per heavy atom. The van der Waals surface area contributed by atoms with Crippen molar-refractivity contribution in [3.8, 4) is 0 Å². The Hall–Kier alpha value is -0.640. The van der Waals surface area contributed by atoms with Gasteiger partial charge in [-0.1, -0.05) is 17.7 Å². The number of hydrogen-bond acceptors (Lipinski definition) is 3. The molecular weight excluding hydrogens is 238 g/mol. The molecule has 0 aliphatic heterocycles. The summed E-state index contributed by atoms with van der Waals surface area (Å²) in [7, 11) is 1.77. The molecule has 0 spiro atoms. The highest BCUT2D eigenvalue weighted by Gasteiger charge is 2.22. The highest BCUT2D eigenvalue weighted by molar-refractivity contribution is 6.29. The first-order valence-electron chi connectivity index (χ1n) is 6.03. The van der Waals surface area contributed by atoms with Crippen molar-refractivity contribution in [1.29, 1.82) is 0 Å². The second-order valence-electron chi connectivity index (χ2n) is 4.45. The molecule has 0 N–H and O–H groups in total. The number of halogens is 1. The minimum absolute atomic E-state index is 0.310. The van der Waals surface area contributed by atoms with E-state index in [1.165, 1.54) is 6.42 Å². The molecule has 0 aromatic carbocycles. The quantitative estimate of drug-likeness (QED) is 0.775. The number of hydrogen-bond donors (Lipinski definition) is 0. The number of rotatable bonds is 4. The van der Waals surface area contributed by atoms with Gasteiger partial charge in [-0.3, -0.25) is 0 Å². The van der Waals surface area contributed by atoms with Crippen LogP contribution in [0.1, 0.15) is 31.2 Å². The van der Waals surface area contributed by atoms with Gasteiger partial charge in [-0.15, -0.1) is 0 Å². The van der Waals surface area contributed by atoms with E-state index in [-0.39, 0.29) is 0 Å². The molecule has 1 aromatic rings. The summed E-state index contributed by atoms with van der Waals surface area (Å²) in [5, 5.41) is 0.519.